The van der Waals surface area contributed by atoms with Crippen molar-refractivity contribution in [3.8, 4) is 0 Å². The van der Waals surface area contributed by atoms with Crippen LogP contribution in [-0.2, 0) is 10.0 Å². The van der Waals surface area contributed by atoms with Crippen molar-refractivity contribution in [1.82, 2.24) is 9.97 Å². The van der Waals surface area contributed by atoms with Gasteiger partial charge in [0.15, 0.2) is 0 Å². The molecule has 3 aromatic rings. The minimum Gasteiger partial charge on any atom is -0.356 e. The zero-order valence-corrected chi connectivity index (χ0v) is 18.0. The molecule has 0 saturated carbocycles. The van der Waals surface area contributed by atoms with Crippen LogP contribution >= 0.6 is 11.3 Å². The number of aryl methyl sites for hydroxylation is 2. The molecule has 0 unspecified atom stereocenters. The average Bonchev–Trinajstić information content (AvgIpc) is 3.35. The fourth-order valence-corrected chi connectivity index (χ4v) is 5.60. The fraction of sp³-hybridized carbons (Fsp3) is 0.300. The molecule has 0 spiro atoms. The lowest BCUT2D eigenvalue weighted by atomic mass is 10.3. The molecule has 2 aromatic heterocycles. The van der Waals surface area contributed by atoms with Crippen LogP contribution in [0.4, 0.5) is 23.0 Å². The van der Waals surface area contributed by atoms with Gasteiger partial charge in [0.2, 0.25) is 0 Å². The van der Waals surface area contributed by atoms with Gasteiger partial charge in [-0.05, 0) is 63.1 Å². The van der Waals surface area contributed by atoms with Crippen LogP contribution in [0.25, 0.3) is 0 Å². The SMILES string of the molecule is Cc1nc(Nc2ccc(NS(=O)(=O)c3ccc(C)s3)cc2)cc(N2CCCC2)n1. The molecular weight excluding hydrogens is 406 g/mol. The Morgan fingerprint density at radius 3 is 2.31 bits per heavy atom. The first-order chi connectivity index (χ1) is 13.9. The van der Waals surface area contributed by atoms with Crippen molar-refractivity contribution in [1.29, 1.82) is 0 Å². The molecule has 0 radical (unpaired) electrons. The number of nitrogens with one attached hydrogen (secondary N) is 2. The number of rotatable bonds is 6. The summed E-state index contributed by atoms with van der Waals surface area (Å²) in [5.74, 6) is 2.38. The third-order valence-corrected chi connectivity index (χ3v) is 7.52. The molecule has 1 aliphatic rings. The van der Waals surface area contributed by atoms with Gasteiger partial charge < -0.3 is 10.2 Å². The number of aromatic nitrogens is 2. The van der Waals surface area contributed by atoms with Gasteiger partial charge in [-0.15, -0.1) is 11.3 Å². The maximum absolute atomic E-state index is 12.5. The van der Waals surface area contributed by atoms with E-state index in [0.29, 0.717) is 15.7 Å². The Balaban J connectivity index is 1.47. The van der Waals surface area contributed by atoms with E-state index in [2.05, 4.69) is 24.9 Å². The third-order valence-electron chi connectivity index (χ3n) is 4.64. The molecule has 0 aliphatic carbocycles. The van der Waals surface area contributed by atoms with Crippen molar-refractivity contribution < 1.29 is 8.42 Å². The van der Waals surface area contributed by atoms with Crippen LogP contribution < -0.4 is 14.9 Å². The van der Waals surface area contributed by atoms with Gasteiger partial charge in [0, 0.05) is 35.4 Å². The number of nitrogens with zero attached hydrogens (tertiary/aromatic N) is 3. The van der Waals surface area contributed by atoms with E-state index in [4.69, 9.17) is 0 Å². The third kappa shape index (κ3) is 4.68. The van der Waals surface area contributed by atoms with Crippen molar-refractivity contribution in [2.45, 2.75) is 30.9 Å². The fourth-order valence-electron chi connectivity index (χ4n) is 3.26. The molecule has 2 N–H and O–H groups in total. The number of thiophene rings is 1. The smallest absolute Gasteiger partial charge is 0.271 e. The van der Waals surface area contributed by atoms with E-state index in [1.807, 2.05) is 32.0 Å². The average molecular weight is 430 g/mol. The quantitative estimate of drug-likeness (QED) is 0.607. The van der Waals surface area contributed by atoms with Crippen molar-refractivity contribution in [2.75, 3.05) is 28.0 Å². The zero-order valence-electron chi connectivity index (χ0n) is 16.3. The summed E-state index contributed by atoms with van der Waals surface area (Å²) >= 11 is 1.25. The highest BCUT2D eigenvalue weighted by molar-refractivity contribution is 7.94. The minimum absolute atomic E-state index is 0.308. The van der Waals surface area contributed by atoms with Gasteiger partial charge in [0.05, 0.1) is 0 Å². The van der Waals surface area contributed by atoms with E-state index in [1.165, 1.54) is 24.2 Å². The molecule has 29 heavy (non-hydrogen) atoms. The Hall–Kier alpha value is -2.65. The summed E-state index contributed by atoms with van der Waals surface area (Å²) in [6, 6.07) is 12.5. The predicted octanol–water partition coefficient (Wildman–Crippen LogP) is 4.30. The normalized spacial score (nSPS) is 14.2. The minimum atomic E-state index is -3.56. The molecular formula is C20H23N5O2S2. The number of hydrogen-bond donors (Lipinski definition) is 2. The highest BCUT2D eigenvalue weighted by atomic mass is 32.2. The maximum Gasteiger partial charge on any atom is 0.271 e. The van der Waals surface area contributed by atoms with E-state index < -0.39 is 10.0 Å². The Kier molecular flexibility index (Phi) is 5.42. The van der Waals surface area contributed by atoms with Gasteiger partial charge in [-0.1, -0.05) is 0 Å². The van der Waals surface area contributed by atoms with E-state index >= 15 is 0 Å². The summed E-state index contributed by atoms with van der Waals surface area (Å²) in [7, 11) is -3.56. The second-order valence-electron chi connectivity index (χ2n) is 7.03. The van der Waals surface area contributed by atoms with Gasteiger partial charge in [0.25, 0.3) is 10.0 Å². The van der Waals surface area contributed by atoms with Crippen molar-refractivity contribution in [3.05, 3.63) is 53.2 Å². The first-order valence-corrected chi connectivity index (χ1v) is 11.8. The Labute approximate surface area is 174 Å². The molecule has 0 atom stereocenters. The monoisotopic (exact) mass is 429 g/mol. The van der Waals surface area contributed by atoms with Crippen molar-refractivity contribution >= 4 is 44.4 Å². The van der Waals surface area contributed by atoms with Crippen molar-refractivity contribution in [2.24, 2.45) is 0 Å². The molecule has 0 amide bonds. The van der Waals surface area contributed by atoms with Gasteiger partial charge in [-0.2, -0.15) is 0 Å². The summed E-state index contributed by atoms with van der Waals surface area (Å²) in [4.78, 5) is 12.2. The number of sulfonamides is 1. The summed E-state index contributed by atoms with van der Waals surface area (Å²) in [5.41, 5.74) is 1.34. The van der Waals surface area contributed by atoms with E-state index in [-0.39, 0.29) is 0 Å². The van der Waals surface area contributed by atoms with E-state index in [1.54, 1.807) is 24.3 Å². The predicted molar refractivity (Wildman–Crippen MR) is 118 cm³/mol. The second kappa shape index (κ2) is 8.00. The van der Waals surface area contributed by atoms with Gasteiger partial charge >= 0.3 is 0 Å². The van der Waals surface area contributed by atoms with Crippen LogP contribution in [0.2, 0.25) is 0 Å². The molecule has 7 nitrogen and oxygen atoms in total. The topological polar surface area (TPSA) is 87.2 Å². The first kappa shape index (κ1) is 19.7. The van der Waals surface area contributed by atoms with Crippen LogP contribution in [0.3, 0.4) is 0 Å². The number of anilines is 4. The molecule has 1 aliphatic heterocycles. The number of benzene rings is 1. The van der Waals surface area contributed by atoms with Crippen molar-refractivity contribution in [3.63, 3.8) is 0 Å². The highest BCUT2D eigenvalue weighted by Crippen LogP contribution is 2.26. The zero-order chi connectivity index (χ0) is 20.4. The van der Waals surface area contributed by atoms with E-state index in [0.717, 1.165) is 35.3 Å². The maximum atomic E-state index is 12.5. The molecule has 1 fully saturated rings. The second-order valence-corrected chi connectivity index (χ2v) is 10.2. The Morgan fingerprint density at radius 1 is 0.966 bits per heavy atom. The lowest BCUT2D eigenvalue weighted by molar-refractivity contribution is 0.603. The van der Waals surface area contributed by atoms with Crippen LogP contribution in [0, 0.1) is 13.8 Å². The largest absolute Gasteiger partial charge is 0.356 e. The van der Waals surface area contributed by atoms with Crippen LogP contribution in [0.1, 0.15) is 23.5 Å². The molecule has 0 bridgehead atoms. The molecule has 3 heterocycles. The lowest BCUT2D eigenvalue weighted by Gasteiger charge is -2.18. The summed E-state index contributed by atoms with van der Waals surface area (Å²) in [6.45, 7) is 5.81. The molecule has 1 saturated heterocycles. The molecule has 1 aromatic carbocycles. The summed E-state index contributed by atoms with van der Waals surface area (Å²) in [5, 5.41) is 3.28. The standard InChI is InChI=1S/C20H23N5O2S2/c1-14-5-10-20(28-14)29(26,27)24-17-8-6-16(7-9-17)23-18-13-19(22-15(2)21-18)25-11-3-4-12-25/h5-10,13,24H,3-4,11-12H2,1-2H3,(H,21,22,23). The van der Waals surface area contributed by atoms with Crippen LogP contribution in [0.15, 0.2) is 46.7 Å². The first-order valence-electron chi connectivity index (χ1n) is 9.46. The van der Waals surface area contributed by atoms with Crippen LogP contribution in [0.5, 0.6) is 0 Å². The number of hydrogen-bond acceptors (Lipinski definition) is 7. The molecule has 9 heteroatoms. The summed E-state index contributed by atoms with van der Waals surface area (Å²) in [6.07, 6.45) is 2.38. The lowest BCUT2D eigenvalue weighted by Crippen LogP contribution is -2.19. The highest BCUT2D eigenvalue weighted by Gasteiger charge is 2.17. The van der Waals surface area contributed by atoms with Gasteiger partial charge in [-0.3, -0.25) is 4.72 Å². The van der Waals surface area contributed by atoms with E-state index in [9.17, 15) is 8.42 Å². The Bertz CT molecular complexity index is 1100. The molecule has 4 rings (SSSR count). The summed E-state index contributed by atoms with van der Waals surface area (Å²) < 4.78 is 27.8. The van der Waals surface area contributed by atoms with Crippen LogP contribution in [-0.4, -0.2) is 31.5 Å². The molecule has 152 valence electrons. The van der Waals surface area contributed by atoms with Gasteiger partial charge in [-0.25, -0.2) is 18.4 Å². The van der Waals surface area contributed by atoms with Gasteiger partial charge in [0.1, 0.15) is 21.7 Å². The Morgan fingerprint density at radius 2 is 1.66 bits per heavy atom.